The van der Waals surface area contributed by atoms with E-state index in [9.17, 15) is 20.1 Å². The molecule has 6 rings (SSSR count). The number of fused-ring (bicyclic) bond motifs is 3. The third kappa shape index (κ3) is 6.64. The summed E-state index contributed by atoms with van der Waals surface area (Å²) in [7, 11) is 0. The summed E-state index contributed by atoms with van der Waals surface area (Å²) in [6.45, 7) is 2.39. The van der Waals surface area contributed by atoms with Gasteiger partial charge in [0.25, 0.3) is 0 Å². The number of phenols is 1. The number of aromatic hydroxyl groups is 1. The van der Waals surface area contributed by atoms with Crippen LogP contribution in [0.1, 0.15) is 39.5 Å². The molecule has 0 aromatic heterocycles. The van der Waals surface area contributed by atoms with Gasteiger partial charge in [-0.2, -0.15) is 0 Å². The van der Waals surface area contributed by atoms with Gasteiger partial charge >= 0.3 is 5.97 Å². The van der Waals surface area contributed by atoms with Gasteiger partial charge in [-0.3, -0.25) is 0 Å². The number of hydrogen-bond acceptors (Lipinski definition) is 8. The molecule has 1 aliphatic carbocycles. The third-order valence-corrected chi connectivity index (χ3v) is 8.46. The Morgan fingerprint density at radius 1 is 0.625 bits per heavy atom. The monoisotopic (exact) mass is 646 g/mol. The first-order valence-corrected chi connectivity index (χ1v) is 16.0. The largest absolute Gasteiger partial charge is 0.507 e. The van der Waals surface area contributed by atoms with Crippen LogP contribution >= 0.6 is 0 Å². The van der Waals surface area contributed by atoms with Crippen LogP contribution in [-0.2, 0) is 14.9 Å². The number of benzene rings is 5. The van der Waals surface area contributed by atoms with E-state index in [4.69, 9.17) is 18.9 Å². The van der Waals surface area contributed by atoms with Crippen molar-refractivity contribution in [2.45, 2.75) is 24.5 Å². The molecular weight excluding hydrogens is 608 g/mol. The quantitative estimate of drug-likeness (QED) is 0.121. The lowest BCUT2D eigenvalue weighted by Crippen LogP contribution is -2.28. The van der Waals surface area contributed by atoms with Crippen LogP contribution in [0.25, 0.3) is 11.1 Å². The number of aliphatic hydroxyl groups excluding tert-OH is 2. The molecule has 2 unspecified atom stereocenters. The second-order valence-corrected chi connectivity index (χ2v) is 11.6. The number of para-hydroxylation sites is 1. The van der Waals surface area contributed by atoms with Crippen LogP contribution in [0.3, 0.4) is 0 Å². The van der Waals surface area contributed by atoms with Crippen molar-refractivity contribution < 1.29 is 39.1 Å². The number of carbonyl (C=O) groups is 1. The Morgan fingerprint density at radius 3 is 1.62 bits per heavy atom. The number of phenolic OH excluding ortho intramolecular Hbond substituents is 1. The van der Waals surface area contributed by atoms with E-state index in [1.165, 1.54) is 12.1 Å². The van der Waals surface area contributed by atoms with E-state index < -0.39 is 23.6 Å². The molecule has 0 saturated carbocycles. The molecule has 3 N–H and O–H groups in total. The number of rotatable bonds is 14. The van der Waals surface area contributed by atoms with Crippen molar-refractivity contribution in [1.82, 2.24) is 0 Å². The van der Waals surface area contributed by atoms with E-state index in [-0.39, 0.29) is 37.7 Å². The van der Waals surface area contributed by atoms with E-state index in [1.807, 2.05) is 43.3 Å². The van der Waals surface area contributed by atoms with Gasteiger partial charge in [0.15, 0.2) is 0 Å². The Labute approximate surface area is 279 Å². The molecule has 0 spiro atoms. The highest BCUT2D eigenvalue weighted by molar-refractivity contribution is 5.92. The van der Waals surface area contributed by atoms with Crippen molar-refractivity contribution in [2.24, 2.45) is 0 Å². The molecule has 1 aliphatic rings. The zero-order valence-electron chi connectivity index (χ0n) is 26.6. The molecular formula is C40H38O8. The van der Waals surface area contributed by atoms with Crippen LogP contribution in [0.15, 0.2) is 121 Å². The Balaban J connectivity index is 1.23. The fraction of sp³-hybridized carbons (Fsp3) is 0.225. The van der Waals surface area contributed by atoms with Gasteiger partial charge in [-0.15, -0.1) is 0 Å². The first kappa shape index (κ1) is 32.8. The first-order chi connectivity index (χ1) is 23.4. The van der Waals surface area contributed by atoms with Gasteiger partial charge in [-0.25, -0.2) is 4.79 Å². The average molecular weight is 647 g/mol. The number of aliphatic hydroxyl groups is 2. The SMILES string of the molecule is CCOCC(O)COc1ccc(C2(c3ccc(OCC(O)COC(=O)c4ccccc4O)cc3)c3ccccc3-c3ccccc32)cc1. The topological polar surface area (TPSA) is 115 Å². The number of carbonyl (C=O) groups excluding carboxylic acids is 1. The molecule has 0 heterocycles. The molecule has 48 heavy (non-hydrogen) atoms. The lowest BCUT2D eigenvalue weighted by atomic mass is 9.68. The molecule has 246 valence electrons. The normalized spacial score (nSPS) is 14.0. The zero-order valence-corrected chi connectivity index (χ0v) is 26.6. The van der Waals surface area contributed by atoms with Gasteiger partial charge in [0.05, 0.1) is 12.0 Å². The van der Waals surface area contributed by atoms with Crippen LogP contribution < -0.4 is 9.47 Å². The smallest absolute Gasteiger partial charge is 0.342 e. The molecule has 5 aromatic rings. The highest BCUT2D eigenvalue weighted by Gasteiger charge is 2.45. The average Bonchev–Trinajstić information content (AvgIpc) is 3.43. The first-order valence-electron chi connectivity index (χ1n) is 16.0. The van der Waals surface area contributed by atoms with Gasteiger partial charge < -0.3 is 34.3 Å². The molecule has 0 amide bonds. The summed E-state index contributed by atoms with van der Waals surface area (Å²) in [4.78, 5) is 12.3. The Morgan fingerprint density at radius 2 is 1.10 bits per heavy atom. The molecule has 2 atom stereocenters. The van der Waals surface area contributed by atoms with Gasteiger partial charge in [-0.1, -0.05) is 84.9 Å². The molecule has 0 bridgehead atoms. The van der Waals surface area contributed by atoms with E-state index in [0.29, 0.717) is 18.1 Å². The third-order valence-electron chi connectivity index (χ3n) is 8.46. The summed E-state index contributed by atoms with van der Waals surface area (Å²) < 4.78 is 22.2. The van der Waals surface area contributed by atoms with Gasteiger partial charge in [0, 0.05) is 6.61 Å². The van der Waals surface area contributed by atoms with E-state index in [2.05, 4.69) is 60.7 Å². The summed E-state index contributed by atoms with van der Waals surface area (Å²) >= 11 is 0. The van der Waals surface area contributed by atoms with Gasteiger partial charge in [-0.05, 0) is 76.7 Å². The van der Waals surface area contributed by atoms with Gasteiger partial charge in [0.2, 0.25) is 0 Å². The highest BCUT2D eigenvalue weighted by atomic mass is 16.5. The summed E-state index contributed by atoms with van der Waals surface area (Å²) in [6, 6.07) is 38.8. The van der Waals surface area contributed by atoms with Crippen molar-refractivity contribution in [3.05, 3.63) is 149 Å². The molecule has 0 radical (unpaired) electrons. The second kappa shape index (κ2) is 14.7. The Hall–Kier alpha value is -5.15. The highest BCUT2D eigenvalue weighted by Crippen LogP contribution is 2.56. The zero-order chi connectivity index (χ0) is 33.5. The van der Waals surface area contributed by atoms with Crippen LogP contribution in [0.5, 0.6) is 17.2 Å². The Bertz CT molecular complexity index is 1790. The van der Waals surface area contributed by atoms with Crippen LogP contribution in [0.2, 0.25) is 0 Å². The summed E-state index contributed by atoms with van der Waals surface area (Å²) in [5.41, 5.74) is 6.12. The maximum absolute atomic E-state index is 12.3. The Kier molecular flexibility index (Phi) is 10.1. The number of ether oxygens (including phenoxy) is 4. The molecule has 0 fully saturated rings. The predicted molar refractivity (Wildman–Crippen MR) is 182 cm³/mol. The van der Waals surface area contributed by atoms with E-state index in [1.54, 1.807) is 12.1 Å². The summed E-state index contributed by atoms with van der Waals surface area (Å²) in [6.07, 6.45) is -1.79. The van der Waals surface area contributed by atoms with Crippen molar-refractivity contribution in [1.29, 1.82) is 0 Å². The van der Waals surface area contributed by atoms with Crippen LogP contribution in [0, 0.1) is 0 Å². The minimum absolute atomic E-state index is 0.0312. The molecule has 0 saturated heterocycles. The number of hydrogen-bond donors (Lipinski definition) is 3. The lowest BCUT2D eigenvalue weighted by molar-refractivity contribution is 0.0128. The summed E-state index contributed by atoms with van der Waals surface area (Å²) in [5, 5.41) is 30.5. The van der Waals surface area contributed by atoms with E-state index >= 15 is 0 Å². The minimum atomic E-state index is -1.07. The molecule has 0 aliphatic heterocycles. The van der Waals surface area contributed by atoms with Gasteiger partial charge in [0.1, 0.15) is 54.8 Å². The van der Waals surface area contributed by atoms with Crippen molar-refractivity contribution >= 4 is 5.97 Å². The summed E-state index contributed by atoms with van der Waals surface area (Å²) in [5.74, 6) is 0.292. The minimum Gasteiger partial charge on any atom is -0.507 e. The number of esters is 1. The van der Waals surface area contributed by atoms with Crippen LogP contribution in [0.4, 0.5) is 0 Å². The van der Waals surface area contributed by atoms with Crippen molar-refractivity contribution in [2.75, 3.05) is 33.0 Å². The van der Waals surface area contributed by atoms with Crippen molar-refractivity contribution in [3.8, 4) is 28.4 Å². The molecule has 8 nitrogen and oxygen atoms in total. The fourth-order valence-corrected chi connectivity index (χ4v) is 6.26. The standard InChI is InChI=1S/C40H38O8/c1-2-45-23-29(41)24-46-31-19-15-27(16-20-31)40(36-12-6-3-9-33(36)34-10-4-7-13-37(34)40)28-17-21-32(22-18-28)47-25-30(42)26-48-39(44)35-11-5-8-14-38(35)43/h3-22,29-30,41-43H,2,23-26H2,1H3. The maximum atomic E-state index is 12.3. The van der Waals surface area contributed by atoms with E-state index in [0.717, 1.165) is 33.4 Å². The van der Waals surface area contributed by atoms with Crippen molar-refractivity contribution in [3.63, 3.8) is 0 Å². The second-order valence-electron chi connectivity index (χ2n) is 11.6. The molecule has 5 aromatic carbocycles. The predicted octanol–water partition coefficient (Wildman–Crippen LogP) is 6.13. The van der Waals surface area contributed by atoms with Crippen LogP contribution in [-0.4, -0.2) is 66.5 Å². The lowest BCUT2D eigenvalue weighted by Gasteiger charge is -2.34. The molecule has 8 heteroatoms. The maximum Gasteiger partial charge on any atom is 0.342 e. The fourth-order valence-electron chi connectivity index (χ4n) is 6.26.